The summed E-state index contributed by atoms with van der Waals surface area (Å²) in [5, 5.41) is 7.85. The molecule has 0 aliphatic carbocycles. The fourth-order valence-corrected chi connectivity index (χ4v) is 3.00. The molecule has 0 radical (unpaired) electrons. The van der Waals surface area contributed by atoms with E-state index in [-0.39, 0.29) is 17.6 Å². The van der Waals surface area contributed by atoms with Crippen molar-refractivity contribution in [3.8, 4) is 0 Å². The van der Waals surface area contributed by atoms with E-state index in [0.29, 0.717) is 44.5 Å². The molecule has 0 spiro atoms. The number of aryl methyl sites for hydroxylation is 1. The Labute approximate surface area is 140 Å². The zero-order valence-corrected chi connectivity index (χ0v) is 13.9. The number of hydrogen-bond acceptors (Lipinski definition) is 5. The number of aromatic nitrogens is 2. The van der Waals surface area contributed by atoms with Crippen LogP contribution in [-0.4, -0.2) is 47.2 Å². The molecule has 1 saturated heterocycles. The SMILES string of the molecule is CCC(C(=O)N1CCN(c2nnc(C)o2)CC1)c1ccc(F)cc1. The van der Waals surface area contributed by atoms with Gasteiger partial charge >= 0.3 is 6.01 Å². The summed E-state index contributed by atoms with van der Waals surface area (Å²) < 4.78 is 18.5. The van der Waals surface area contributed by atoms with Gasteiger partial charge in [0.05, 0.1) is 5.92 Å². The minimum Gasteiger partial charge on any atom is -0.408 e. The van der Waals surface area contributed by atoms with Crippen molar-refractivity contribution >= 4 is 11.9 Å². The van der Waals surface area contributed by atoms with Crippen molar-refractivity contribution in [3.05, 3.63) is 41.5 Å². The molecule has 2 aromatic rings. The lowest BCUT2D eigenvalue weighted by Crippen LogP contribution is -2.50. The number of piperazine rings is 1. The van der Waals surface area contributed by atoms with E-state index < -0.39 is 0 Å². The van der Waals surface area contributed by atoms with Crippen molar-refractivity contribution in [2.45, 2.75) is 26.2 Å². The normalized spacial score (nSPS) is 16.3. The molecule has 24 heavy (non-hydrogen) atoms. The van der Waals surface area contributed by atoms with Crippen LogP contribution in [0.3, 0.4) is 0 Å². The first-order chi connectivity index (χ1) is 11.6. The van der Waals surface area contributed by atoms with Gasteiger partial charge in [-0.25, -0.2) is 4.39 Å². The van der Waals surface area contributed by atoms with E-state index in [1.54, 1.807) is 19.1 Å². The van der Waals surface area contributed by atoms with Gasteiger partial charge in [0.1, 0.15) is 5.82 Å². The number of amides is 1. The van der Waals surface area contributed by atoms with Crippen molar-refractivity contribution in [3.63, 3.8) is 0 Å². The highest BCUT2D eigenvalue weighted by Gasteiger charge is 2.28. The minimum absolute atomic E-state index is 0.0884. The Morgan fingerprint density at radius 1 is 1.21 bits per heavy atom. The molecule has 0 saturated carbocycles. The molecule has 1 aromatic carbocycles. The summed E-state index contributed by atoms with van der Waals surface area (Å²) in [7, 11) is 0. The summed E-state index contributed by atoms with van der Waals surface area (Å²) in [4.78, 5) is 16.7. The van der Waals surface area contributed by atoms with Crippen molar-refractivity contribution in [2.24, 2.45) is 0 Å². The monoisotopic (exact) mass is 332 g/mol. The average Bonchev–Trinajstić information content (AvgIpc) is 3.04. The van der Waals surface area contributed by atoms with Crippen LogP contribution in [-0.2, 0) is 4.79 Å². The zero-order chi connectivity index (χ0) is 17.1. The fourth-order valence-electron chi connectivity index (χ4n) is 3.00. The highest BCUT2D eigenvalue weighted by molar-refractivity contribution is 5.84. The number of rotatable bonds is 4. The predicted molar refractivity (Wildman–Crippen MR) is 87.3 cm³/mol. The molecule has 1 aromatic heterocycles. The highest BCUT2D eigenvalue weighted by atomic mass is 19.1. The molecule has 3 rings (SSSR count). The third kappa shape index (κ3) is 3.39. The maximum absolute atomic E-state index is 13.1. The van der Waals surface area contributed by atoms with Gasteiger partial charge in [-0.3, -0.25) is 4.79 Å². The summed E-state index contributed by atoms with van der Waals surface area (Å²) in [6.45, 7) is 6.27. The molecule has 1 fully saturated rings. The predicted octanol–water partition coefficient (Wildman–Crippen LogP) is 2.36. The second-order valence-corrected chi connectivity index (χ2v) is 5.93. The quantitative estimate of drug-likeness (QED) is 0.860. The maximum atomic E-state index is 13.1. The molecule has 0 bridgehead atoms. The van der Waals surface area contributed by atoms with Crippen LogP contribution in [0.1, 0.15) is 30.7 Å². The van der Waals surface area contributed by atoms with Crippen LogP contribution < -0.4 is 4.90 Å². The standard InChI is InChI=1S/C17H21FN4O2/c1-3-15(13-4-6-14(18)7-5-13)16(23)21-8-10-22(11-9-21)17-20-19-12(2)24-17/h4-7,15H,3,8-11H2,1-2H3. The molecule has 1 amide bonds. The molecular weight excluding hydrogens is 311 g/mol. The van der Waals surface area contributed by atoms with E-state index in [2.05, 4.69) is 10.2 Å². The fraction of sp³-hybridized carbons (Fsp3) is 0.471. The Kier molecular flexibility index (Phi) is 4.78. The molecule has 2 heterocycles. The average molecular weight is 332 g/mol. The Balaban J connectivity index is 1.64. The summed E-state index contributed by atoms with van der Waals surface area (Å²) >= 11 is 0. The third-order valence-corrected chi connectivity index (χ3v) is 4.36. The van der Waals surface area contributed by atoms with E-state index in [0.717, 1.165) is 5.56 Å². The first-order valence-corrected chi connectivity index (χ1v) is 8.17. The Hall–Kier alpha value is -2.44. The number of halogens is 1. The van der Waals surface area contributed by atoms with Crippen molar-refractivity contribution in [1.82, 2.24) is 15.1 Å². The van der Waals surface area contributed by atoms with Gasteiger partial charge in [0, 0.05) is 33.1 Å². The molecule has 7 heteroatoms. The van der Waals surface area contributed by atoms with Crippen LogP contribution in [0.2, 0.25) is 0 Å². The molecule has 1 atom stereocenters. The summed E-state index contributed by atoms with van der Waals surface area (Å²) in [5.41, 5.74) is 0.860. The van der Waals surface area contributed by atoms with Gasteiger partial charge < -0.3 is 14.2 Å². The minimum atomic E-state index is -0.287. The molecule has 1 unspecified atom stereocenters. The summed E-state index contributed by atoms with van der Waals surface area (Å²) in [5.74, 6) is 0.101. The van der Waals surface area contributed by atoms with Crippen molar-refractivity contribution in [2.75, 3.05) is 31.1 Å². The van der Waals surface area contributed by atoms with E-state index in [1.807, 2.05) is 16.7 Å². The molecule has 0 N–H and O–H groups in total. The Morgan fingerprint density at radius 2 is 1.88 bits per heavy atom. The van der Waals surface area contributed by atoms with Gasteiger partial charge in [-0.2, -0.15) is 0 Å². The zero-order valence-electron chi connectivity index (χ0n) is 13.9. The first kappa shape index (κ1) is 16.4. The van der Waals surface area contributed by atoms with E-state index >= 15 is 0 Å². The van der Waals surface area contributed by atoms with E-state index in [1.165, 1.54) is 12.1 Å². The highest BCUT2D eigenvalue weighted by Crippen LogP contribution is 2.24. The Bertz CT molecular complexity index is 693. The number of hydrogen-bond donors (Lipinski definition) is 0. The summed E-state index contributed by atoms with van der Waals surface area (Å²) in [6.07, 6.45) is 0.688. The number of nitrogens with zero attached hydrogens (tertiary/aromatic N) is 4. The van der Waals surface area contributed by atoms with Gasteiger partial charge in [-0.05, 0) is 24.1 Å². The number of carbonyl (C=O) groups excluding carboxylic acids is 1. The topological polar surface area (TPSA) is 62.5 Å². The van der Waals surface area contributed by atoms with Gasteiger partial charge in [-0.1, -0.05) is 24.2 Å². The molecule has 128 valence electrons. The van der Waals surface area contributed by atoms with Gasteiger partial charge in [0.15, 0.2) is 0 Å². The number of anilines is 1. The van der Waals surface area contributed by atoms with Crippen LogP contribution >= 0.6 is 0 Å². The van der Waals surface area contributed by atoms with Crippen molar-refractivity contribution in [1.29, 1.82) is 0 Å². The van der Waals surface area contributed by atoms with Crippen molar-refractivity contribution < 1.29 is 13.6 Å². The Morgan fingerprint density at radius 3 is 2.42 bits per heavy atom. The molecule has 1 aliphatic rings. The lowest BCUT2D eigenvalue weighted by Gasteiger charge is -2.35. The maximum Gasteiger partial charge on any atom is 0.318 e. The number of carbonyl (C=O) groups is 1. The van der Waals surface area contributed by atoms with Crippen LogP contribution in [0.4, 0.5) is 10.4 Å². The van der Waals surface area contributed by atoms with Crippen LogP contribution in [0.25, 0.3) is 0 Å². The lowest BCUT2D eigenvalue weighted by molar-refractivity contribution is -0.133. The second kappa shape index (κ2) is 6.98. The van der Waals surface area contributed by atoms with Gasteiger partial charge in [0.2, 0.25) is 11.8 Å². The van der Waals surface area contributed by atoms with Crippen LogP contribution in [0.15, 0.2) is 28.7 Å². The summed E-state index contributed by atoms with van der Waals surface area (Å²) in [6, 6.07) is 6.70. The number of benzene rings is 1. The second-order valence-electron chi connectivity index (χ2n) is 5.93. The smallest absolute Gasteiger partial charge is 0.318 e. The first-order valence-electron chi connectivity index (χ1n) is 8.17. The molecule has 6 nitrogen and oxygen atoms in total. The van der Waals surface area contributed by atoms with Crippen LogP contribution in [0, 0.1) is 12.7 Å². The van der Waals surface area contributed by atoms with Gasteiger partial charge in [0.25, 0.3) is 0 Å². The largest absolute Gasteiger partial charge is 0.408 e. The lowest BCUT2D eigenvalue weighted by atomic mass is 9.94. The molecular formula is C17H21FN4O2. The van der Waals surface area contributed by atoms with Crippen LogP contribution in [0.5, 0.6) is 0 Å². The third-order valence-electron chi connectivity index (χ3n) is 4.36. The van der Waals surface area contributed by atoms with E-state index in [9.17, 15) is 9.18 Å². The molecule has 1 aliphatic heterocycles. The van der Waals surface area contributed by atoms with Gasteiger partial charge in [-0.15, -0.1) is 5.10 Å². The van der Waals surface area contributed by atoms with E-state index in [4.69, 9.17) is 4.42 Å².